The minimum Gasteiger partial charge on any atom is -0.493 e. The third kappa shape index (κ3) is 3.93. The maximum absolute atomic E-state index is 12.4. The van der Waals surface area contributed by atoms with Crippen LogP contribution in [0.25, 0.3) is 10.9 Å². The Morgan fingerprint density at radius 3 is 2.64 bits per heavy atom. The summed E-state index contributed by atoms with van der Waals surface area (Å²) in [6, 6.07) is 16.2. The summed E-state index contributed by atoms with van der Waals surface area (Å²) in [5.41, 5.74) is 3.12. The van der Waals surface area contributed by atoms with Crippen LogP contribution in [0.15, 0.2) is 54.7 Å². The molecule has 1 aromatic heterocycles. The molecule has 0 aliphatic carbocycles. The zero-order chi connectivity index (χ0) is 17.6. The maximum Gasteiger partial charge on any atom is 0.165 e. The van der Waals surface area contributed by atoms with E-state index >= 15 is 0 Å². The van der Waals surface area contributed by atoms with Gasteiger partial charge in [-0.25, -0.2) is 0 Å². The number of hydrogen-bond donors (Lipinski definition) is 0. The van der Waals surface area contributed by atoms with Gasteiger partial charge >= 0.3 is 0 Å². The van der Waals surface area contributed by atoms with Gasteiger partial charge in [0.25, 0.3) is 0 Å². The summed E-state index contributed by atoms with van der Waals surface area (Å²) in [5, 5.41) is 1.06. The lowest BCUT2D eigenvalue weighted by Gasteiger charge is -2.09. The number of ketones is 1. The Hall–Kier alpha value is -2.55. The summed E-state index contributed by atoms with van der Waals surface area (Å²) < 4.78 is 8.06. The summed E-state index contributed by atoms with van der Waals surface area (Å²) in [6.45, 7) is 5.60. The number of ether oxygens (including phenoxy) is 1. The van der Waals surface area contributed by atoms with Crippen molar-refractivity contribution < 1.29 is 9.53 Å². The predicted octanol–water partition coefficient (Wildman–Crippen LogP) is 5.40. The molecular weight excluding hydrogens is 310 g/mol. The number of carbonyl (C=O) groups is 1. The van der Waals surface area contributed by atoms with Crippen molar-refractivity contribution in [3.05, 3.63) is 65.9 Å². The minimum absolute atomic E-state index is 0.230. The second-order valence-corrected chi connectivity index (χ2v) is 6.39. The number of hydrogen-bond acceptors (Lipinski definition) is 2. The topological polar surface area (TPSA) is 31.2 Å². The number of benzene rings is 2. The molecule has 0 bridgehead atoms. The highest BCUT2D eigenvalue weighted by Gasteiger charge is 2.13. The Bertz CT molecular complexity index is 863. The van der Waals surface area contributed by atoms with Crippen LogP contribution in [-0.2, 0) is 6.54 Å². The van der Waals surface area contributed by atoms with Crippen molar-refractivity contribution in [3.63, 3.8) is 0 Å². The lowest BCUT2D eigenvalue weighted by Crippen LogP contribution is -2.04. The number of para-hydroxylation sites is 2. The van der Waals surface area contributed by atoms with E-state index in [2.05, 4.69) is 23.6 Å². The van der Waals surface area contributed by atoms with Gasteiger partial charge in [-0.3, -0.25) is 4.79 Å². The molecule has 130 valence electrons. The van der Waals surface area contributed by atoms with E-state index < -0.39 is 0 Å². The van der Waals surface area contributed by atoms with Crippen molar-refractivity contribution in [2.45, 2.75) is 39.7 Å². The number of rotatable bonds is 8. The Balaban J connectivity index is 1.69. The number of Topliss-reactive ketones (excluding diaryl/α,β-unsaturated/α-hetero) is 1. The fourth-order valence-corrected chi connectivity index (χ4v) is 3.15. The molecule has 0 fully saturated rings. The zero-order valence-electron chi connectivity index (χ0n) is 15.0. The van der Waals surface area contributed by atoms with Crippen molar-refractivity contribution in [1.82, 2.24) is 4.57 Å². The smallest absolute Gasteiger partial charge is 0.165 e. The predicted molar refractivity (Wildman–Crippen MR) is 102 cm³/mol. The molecule has 3 heteroatoms. The Morgan fingerprint density at radius 2 is 1.84 bits per heavy atom. The highest BCUT2D eigenvalue weighted by Crippen LogP contribution is 2.23. The minimum atomic E-state index is 0.230. The van der Waals surface area contributed by atoms with Gasteiger partial charge in [0.05, 0.1) is 6.61 Å². The molecule has 0 amide bonds. The molecule has 0 spiro atoms. The zero-order valence-corrected chi connectivity index (χ0v) is 15.0. The van der Waals surface area contributed by atoms with Crippen LogP contribution in [0.1, 0.15) is 42.1 Å². The lowest BCUT2D eigenvalue weighted by atomic mass is 10.1. The summed E-state index contributed by atoms with van der Waals surface area (Å²) in [6.07, 6.45) is 4.39. The van der Waals surface area contributed by atoms with E-state index in [0.29, 0.717) is 13.0 Å². The van der Waals surface area contributed by atoms with Gasteiger partial charge in [-0.15, -0.1) is 0 Å². The fourth-order valence-electron chi connectivity index (χ4n) is 3.15. The van der Waals surface area contributed by atoms with Crippen LogP contribution in [0.4, 0.5) is 0 Å². The molecule has 3 nitrogen and oxygen atoms in total. The van der Waals surface area contributed by atoms with Gasteiger partial charge in [0.1, 0.15) is 5.75 Å². The molecule has 25 heavy (non-hydrogen) atoms. The standard InChI is InChI=1S/C22H25NO2/c1-3-9-21(24)19-16-23(20-12-6-5-11-18(19)20)14-8-15-25-22-13-7-4-10-17(22)2/h4-7,10-13,16H,3,8-9,14-15H2,1-2H3. The van der Waals surface area contributed by atoms with Crippen molar-refractivity contribution >= 4 is 16.7 Å². The number of fused-ring (bicyclic) bond motifs is 1. The van der Waals surface area contributed by atoms with Crippen molar-refractivity contribution in [2.24, 2.45) is 0 Å². The first-order chi connectivity index (χ1) is 12.2. The average Bonchev–Trinajstić information content (AvgIpc) is 2.99. The quantitative estimate of drug-likeness (QED) is 0.407. The summed E-state index contributed by atoms with van der Waals surface area (Å²) in [5.74, 6) is 1.17. The highest BCUT2D eigenvalue weighted by atomic mass is 16.5. The van der Waals surface area contributed by atoms with E-state index in [9.17, 15) is 4.79 Å². The third-order valence-corrected chi connectivity index (χ3v) is 4.46. The SMILES string of the molecule is CCCC(=O)c1cn(CCCOc2ccccc2C)c2ccccc12. The first-order valence-electron chi connectivity index (χ1n) is 9.00. The molecule has 3 rings (SSSR count). The normalized spacial score (nSPS) is 11.0. The van der Waals surface area contributed by atoms with E-state index in [1.165, 1.54) is 0 Å². The maximum atomic E-state index is 12.4. The summed E-state index contributed by atoms with van der Waals surface area (Å²) >= 11 is 0. The van der Waals surface area contributed by atoms with Gasteiger partial charge < -0.3 is 9.30 Å². The summed E-state index contributed by atoms with van der Waals surface area (Å²) in [4.78, 5) is 12.4. The van der Waals surface area contributed by atoms with Gasteiger partial charge in [-0.2, -0.15) is 0 Å². The van der Waals surface area contributed by atoms with Crippen LogP contribution >= 0.6 is 0 Å². The molecule has 0 saturated heterocycles. The van der Waals surface area contributed by atoms with E-state index in [-0.39, 0.29) is 5.78 Å². The summed E-state index contributed by atoms with van der Waals surface area (Å²) in [7, 11) is 0. The molecule has 1 heterocycles. The number of carbonyl (C=O) groups excluding carboxylic acids is 1. The second-order valence-electron chi connectivity index (χ2n) is 6.39. The van der Waals surface area contributed by atoms with Crippen LogP contribution in [0, 0.1) is 6.92 Å². The van der Waals surface area contributed by atoms with E-state index in [0.717, 1.165) is 47.2 Å². The van der Waals surface area contributed by atoms with Gasteiger partial charge in [-0.1, -0.05) is 43.3 Å². The molecule has 0 radical (unpaired) electrons. The molecule has 3 aromatic rings. The Labute approximate surface area is 149 Å². The molecule has 0 N–H and O–H groups in total. The third-order valence-electron chi connectivity index (χ3n) is 4.46. The molecule has 0 saturated carbocycles. The first-order valence-corrected chi connectivity index (χ1v) is 9.00. The van der Waals surface area contributed by atoms with Gasteiger partial charge in [0.15, 0.2) is 5.78 Å². The van der Waals surface area contributed by atoms with Crippen molar-refractivity contribution in [1.29, 1.82) is 0 Å². The molecule has 0 aliphatic heterocycles. The van der Waals surface area contributed by atoms with Crippen LogP contribution < -0.4 is 4.74 Å². The number of nitrogens with zero attached hydrogens (tertiary/aromatic N) is 1. The first kappa shape index (κ1) is 17.3. The highest BCUT2D eigenvalue weighted by molar-refractivity contribution is 6.08. The molecule has 0 aliphatic rings. The largest absolute Gasteiger partial charge is 0.493 e. The van der Waals surface area contributed by atoms with Gasteiger partial charge in [0, 0.05) is 35.6 Å². The van der Waals surface area contributed by atoms with Crippen molar-refractivity contribution in [3.8, 4) is 5.75 Å². The second kappa shape index (κ2) is 8.02. The Kier molecular flexibility index (Phi) is 5.54. The molecule has 0 unspecified atom stereocenters. The van der Waals surface area contributed by atoms with Gasteiger partial charge in [0.2, 0.25) is 0 Å². The monoisotopic (exact) mass is 335 g/mol. The number of aryl methyl sites for hydroxylation is 2. The molecule has 0 atom stereocenters. The van der Waals surface area contributed by atoms with Gasteiger partial charge in [-0.05, 0) is 37.5 Å². The van der Waals surface area contributed by atoms with Crippen LogP contribution in [-0.4, -0.2) is 17.0 Å². The Morgan fingerprint density at radius 1 is 1.08 bits per heavy atom. The number of aromatic nitrogens is 1. The van der Waals surface area contributed by atoms with Crippen LogP contribution in [0.3, 0.4) is 0 Å². The fraction of sp³-hybridized carbons (Fsp3) is 0.318. The molecule has 2 aromatic carbocycles. The van der Waals surface area contributed by atoms with Crippen molar-refractivity contribution in [2.75, 3.05) is 6.61 Å². The van der Waals surface area contributed by atoms with E-state index in [1.807, 2.05) is 49.5 Å². The lowest BCUT2D eigenvalue weighted by molar-refractivity contribution is 0.0983. The average molecular weight is 335 g/mol. The van der Waals surface area contributed by atoms with Crippen LogP contribution in [0.5, 0.6) is 5.75 Å². The van der Waals surface area contributed by atoms with Crippen LogP contribution in [0.2, 0.25) is 0 Å². The molecular formula is C22H25NO2. The van der Waals surface area contributed by atoms with E-state index in [4.69, 9.17) is 4.74 Å². The van der Waals surface area contributed by atoms with E-state index in [1.54, 1.807) is 0 Å².